The monoisotopic (exact) mass is 637 g/mol. The Morgan fingerprint density at radius 2 is 1.54 bits per heavy atom. The zero-order chi connectivity index (χ0) is 30.3. The number of anilines is 1. The summed E-state index contributed by atoms with van der Waals surface area (Å²) in [6.07, 6.45) is 0.997. The zero-order valence-electron chi connectivity index (χ0n) is 23.4. The van der Waals surface area contributed by atoms with Gasteiger partial charge in [0.15, 0.2) is 0 Å². The number of benzene rings is 3. The number of carbonyl (C=O) groups excluding carboxylic acids is 2. The molecule has 2 amide bonds. The normalized spacial score (nSPS) is 12.9. The van der Waals surface area contributed by atoms with Crippen molar-refractivity contribution in [2.45, 2.75) is 64.1 Å². The fraction of sp³-hybridized carbons (Fsp3) is 0.333. The van der Waals surface area contributed by atoms with E-state index in [1.165, 1.54) is 23.1 Å². The van der Waals surface area contributed by atoms with E-state index < -0.39 is 28.5 Å². The molecule has 0 radical (unpaired) electrons. The van der Waals surface area contributed by atoms with E-state index in [1.54, 1.807) is 62.4 Å². The summed E-state index contributed by atoms with van der Waals surface area (Å²) in [5.74, 6) is -0.919. The van der Waals surface area contributed by atoms with Gasteiger partial charge < -0.3 is 10.2 Å². The first-order chi connectivity index (χ1) is 19.4. The number of aryl methyl sites for hydroxylation is 1. The maximum Gasteiger partial charge on any atom is 0.264 e. The predicted molar refractivity (Wildman–Crippen MR) is 166 cm³/mol. The van der Waals surface area contributed by atoms with Crippen molar-refractivity contribution in [3.63, 3.8) is 0 Å². The lowest BCUT2D eigenvalue weighted by atomic mass is 10.1. The third-order valence-corrected chi connectivity index (χ3v) is 9.39. The number of hydrogen-bond acceptors (Lipinski definition) is 4. The van der Waals surface area contributed by atoms with Crippen LogP contribution >= 0.6 is 34.8 Å². The Morgan fingerprint density at radius 1 is 0.902 bits per heavy atom. The van der Waals surface area contributed by atoms with E-state index in [1.807, 2.05) is 13.8 Å². The highest BCUT2D eigenvalue weighted by molar-refractivity contribution is 7.92. The SMILES string of the molecule is CC[C@H](C(=O)N[C@@H](C)CC)N(Cc1ccc(Cl)cc1Cl)C(=O)CN(c1cc(Cl)ccc1C)S(=O)(=O)c1ccccc1. The van der Waals surface area contributed by atoms with Crippen LogP contribution in [0.3, 0.4) is 0 Å². The van der Waals surface area contributed by atoms with Crippen LogP contribution in [0.1, 0.15) is 44.7 Å². The molecule has 0 aliphatic heterocycles. The van der Waals surface area contributed by atoms with Gasteiger partial charge in [-0.25, -0.2) is 8.42 Å². The highest BCUT2D eigenvalue weighted by atomic mass is 35.5. The van der Waals surface area contributed by atoms with Gasteiger partial charge >= 0.3 is 0 Å². The van der Waals surface area contributed by atoms with Crippen molar-refractivity contribution in [3.05, 3.63) is 92.9 Å². The largest absolute Gasteiger partial charge is 0.352 e. The molecule has 3 aromatic carbocycles. The molecule has 0 saturated heterocycles. The predicted octanol–water partition coefficient (Wildman–Crippen LogP) is 6.87. The minimum absolute atomic E-state index is 0.0148. The quantitative estimate of drug-likeness (QED) is 0.235. The van der Waals surface area contributed by atoms with Crippen molar-refractivity contribution in [3.8, 4) is 0 Å². The van der Waals surface area contributed by atoms with Gasteiger partial charge in [-0.15, -0.1) is 0 Å². The van der Waals surface area contributed by atoms with E-state index in [9.17, 15) is 18.0 Å². The van der Waals surface area contributed by atoms with Crippen LogP contribution in [-0.2, 0) is 26.2 Å². The molecular weight excluding hydrogens is 605 g/mol. The summed E-state index contributed by atoms with van der Waals surface area (Å²) in [5.41, 5.74) is 1.43. The van der Waals surface area contributed by atoms with E-state index in [-0.39, 0.29) is 29.1 Å². The Labute approximate surface area is 257 Å². The number of rotatable bonds is 12. The van der Waals surface area contributed by atoms with Crippen molar-refractivity contribution >= 4 is 62.3 Å². The van der Waals surface area contributed by atoms with Gasteiger partial charge in [0.2, 0.25) is 11.8 Å². The van der Waals surface area contributed by atoms with Gasteiger partial charge in [-0.3, -0.25) is 13.9 Å². The maximum atomic E-state index is 14.2. The summed E-state index contributed by atoms with van der Waals surface area (Å²) in [5, 5.41) is 4.01. The van der Waals surface area contributed by atoms with Gasteiger partial charge in [-0.2, -0.15) is 0 Å². The van der Waals surface area contributed by atoms with Crippen LogP contribution < -0.4 is 9.62 Å². The molecule has 41 heavy (non-hydrogen) atoms. The Kier molecular flexibility index (Phi) is 11.5. The lowest BCUT2D eigenvalue weighted by molar-refractivity contribution is -0.140. The first kappa shape index (κ1) is 32.7. The Bertz CT molecular complexity index is 1490. The number of nitrogens with one attached hydrogen (secondary N) is 1. The fourth-order valence-corrected chi connectivity index (χ4v) is 6.40. The summed E-state index contributed by atoms with van der Waals surface area (Å²) in [4.78, 5) is 29.0. The number of carbonyl (C=O) groups is 2. The van der Waals surface area contributed by atoms with Crippen molar-refractivity contribution in [1.82, 2.24) is 10.2 Å². The number of nitrogens with zero attached hydrogens (tertiary/aromatic N) is 2. The van der Waals surface area contributed by atoms with E-state index in [0.717, 1.165) is 4.31 Å². The molecule has 0 aliphatic carbocycles. The lowest BCUT2D eigenvalue weighted by Gasteiger charge is -2.34. The molecule has 7 nitrogen and oxygen atoms in total. The first-order valence-electron chi connectivity index (χ1n) is 13.3. The highest BCUT2D eigenvalue weighted by Gasteiger charge is 2.34. The maximum absolute atomic E-state index is 14.2. The summed E-state index contributed by atoms with van der Waals surface area (Å²) in [6, 6.07) is 16.6. The second-order valence-corrected chi connectivity index (χ2v) is 12.9. The fourth-order valence-electron chi connectivity index (χ4n) is 4.28. The molecule has 2 atom stereocenters. The second-order valence-electron chi connectivity index (χ2n) is 9.75. The van der Waals surface area contributed by atoms with Crippen molar-refractivity contribution < 1.29 is 18.0 Å². The molecule has 11 heteroatoms. The minimum Gasteiger partial charge on any atom is -0.352 e. The molecular formula is C30H34Cl3N3O4S. The molecule has 0 bridgehead atoms. The van der Waals surface area contributed by atoms with Crippen LogP contribution in [0.2, 0.25) is 15.1 Å². The van der Waals surface area contributed by atoms with E-state index in [0.29, 0.717) is 39.0 Å². The Balaban J connectivity index is 2.11. The summed E-state index contributed by atoms with van der Waals surface area (Å²) in [7, 11) is -4.20. The molecule has 0 saturated carbocycles. The van der Waals surface area contributed by atoms with Crippen LogP contribution in [0.15, 0.2) is 71.6 Å². The van der Waals surface area contributed by atoms with Crippen LogP contribution in [0.4, 0.5) is 5.69 Å². The Hall–Kier alpha value is -2.78. The number of sulfonamides is 1. The molecule has 0 unspecified atom stereocenters. The Morgan fingerprint density at radius 3 is 2.15 bits per heavy atom. The van der Waals surface area contributed by atoms with Crippen LogP contribution in [0, 0.1) is 6.92 Å². The lowest BCUT2D eigenvalue weighted by Crippen LogP contribution is -2.53. The molecule has 0 aliphatic rings. The standard InChI is InChI=1S/C30H34Cl3N3O4S/c1-5-21(4)34-30(38)27(6-2)35(18-22-13-15-23(31)16-26(22)33)29(37)19-36(28-17-24(32)14-12-20(28)3)41(39,40)25-10-8-7-9-11-25/h7-17,21,27H,5-6,18-19H2,1-4H3,(H,34,38)/t21-,27+/m0/s1. The number of hydrogen-bond donors (Lipinski definition) is 1. The number of amides is 2. The third kappa shape index (κ3) is 8.16. The topological polar surface area (TPSA) is 86.8 Å². The minimum atomic E-state index is -4.20. The van der Waals surface area contributed by atoms with Crippen LogP contribution in [-0.4, -0.2) is 43.8 Å². The van der Waals surface area contributed by atoms with Gasteiger partial charge in [0, 0.05) is 27.7 Å². The third-order valence-electron chi connectivity index (χ3n) is 6.79. The number of halogens is 3. The van der Waals surface area contributed by atoms with Crippen molar-refractivity contribution in [2.24, 2.45) is 0 Å². The average molecular weight is 639 g/mol. The summed E-state index contributed by atoms with van der Waals surface area (Å²) >= 11 is 18.8. The van der Waals surface area contributed by atoms with Gasteiger partial charge in [-0.05, 0) is 74.2 Å². The van der Waals surface area contributed by atoms with Crippen LogP contribution in [0.5, 0.6) is 0 Å². The van der Waals surface area contributed by atoms with E-state index in [4.69, 9.17) is 34.8 Å². The summed E-state index contributed by atoms with van der Waals surface area (Å²) < 4.78 is 29.0. The first-order valence-corrected chi connectivity index (χ1v) is 15.8. The van der Waals surface area contributed by atoms with Gasteiger partial charge in [0.05, 0.1) is 10.6 Å². The van der Waals surface area contributed by atoms with Crippen LogP contribution in [0.25, 0.3) is 0 Å². The highest BCUT2D eigenvalue weighted by Crippen LogP contribution is 2.30. The second kappa shape index (κ2) is 14.4. The summed E-state index contributed by atoms with van der Waals surface area (Å²) in [6.45, 7) is 6.75. The molecule has 0 aromatic heterocycles. The molecule has 0 fully saturated rings. The molecule has 3 rings (SSSR count). The van der Waals surface area contributed by atoms with Gasteiger partial charge in [-0.1, -0.05) is 79.0 Å². The van der Waals surface area contributed by atoms with Gasteiger partial charge in [0.25, 0.3) is 10.0 Å². The molecule has 3 aromatic rings. The molecule has 0 heterocycles. The molecule has 0 spiro atoms. The van der Waals surface area contributed by atoms with E-state index >= 15 is 0 Å². The average Bonchev–Trinajstić information content (AvgIpc) is 2.94. The van der Waals surface area contributed by atoms with Crippen molar-refractivity contribution in [2.75, 3.05) is 10.8 Å². The molecule has 220 valence electrons. The smallest absolute Gasteiger partial charge is 0.264 e. The van der Waals surface area contributed by atoms with Crippen molar-refractivity contribution in [1.29, 1.82) is 0 Å². The van der Waals surface area contributed by atoms with E-state index in [2.05, 4.69) is 5.32 Å². The molecule has 1 N–H and O–H groups in total. The van der Waals surface area contributed by atoms with Gasteiger partial charge in [0.1, 0.15) is 12.6 Å². The zero-order valence-corrected chi connectivity index (χ0v) is 26.5.